The van der Waals surface area contributed by atoms with Gasteiger partial charge in [-0.25, -0.2) is 0 Å². The van der Waals surface area contributed by atoms with Crippen LogP contribution in [-0.4, -0.2) is 23.5 Å². The third-order valence-corrected chi connectivity index (χ3v) is 1.99. The van der Waals surface area contributed by atoms with Crippen molar-refractivity contribution in [2.75, 3.05) is 6.54 Å². The summed E-state index contributed by atoms with van der Waals surface area (Å²) >= 11 is 0. The van der Waals surface area contributed by atoms with Gasteiger partial charge in [0.05, 0.1) is 0 Å². The van der Waals surface area contributed by atoms with Gasteiger partial charge in [0.1, 0.15) is 0 Å². The molecule has 0 heterocycles. The predicted molar refractivity (Wildman–Crippen MR) is 57.8 cm³/mol. The molecule has 1 N–H and O–H groups in total. The Balaban J connectivity index is 0. The Bertz CT molecular complexity index is 229. The van der Waals surface area contributed by atoms with Crippen molar-refractivity contribution in [2.45, 2.75) is 38.5 Å². The molecule has 0 radical (unpaired) electrons. The van der Waals surface area contributed by atoms with Crippen molar-refractivity contribution >= 4 is 11.9 Å². The first-order valence-electron chi connectivity index (χ1n) is 5.22. The topological polar surface area (TPSA) is 72.7 Å². The molecule has 0 aromatic rings. The number of aliphatic imine (C=N–C) groups is 1. The standard InChI is InChI=1S/C11H19NO3.Na/c1-2-10(13)12-9-7-5-3-4-6-8-11(14)15;/h2H,1,3-9H2,(H,12,13)(H,14,15);/q;+1/p-1. The second-order valence-corrected chi connectivity index (χ2v) is 3.34. The summed E-state index contributed by atoms with van der Waals surface area (Å²) in [6.45, 7) is 3.86. The Labute approximate surface area is 119 Å². The van der Waals surface area contributed by atoms with Gasteiger partial charge in [-0.05, 0) is 18.7 Å². The number of aliphatic carboxylic acids is 1. The van der Waals surface area contributed by atoms with Crippen LogP contribution < -0.4 is 34.7 Å². The molecule has 0 saturated carbocycles. The number of carbonyl (C=O) groups is 1. The molecule has 0 fully saturated rings. The Kier molecular flexibility index (Phi) is 14.4. The minimum atomic E-state index is -0.735. The minimum absolute atomic E-state index is 0. The first-order valence-corrected chi connectivity index (χ1v) is 5.22. The monoisotopic (exact) mass is 235 g/mol. The fourth-order valence-electron chi connectivity index (χ4n) is 1.17. The molecule has 0 aromatic heterocycles. The zero-order chi connectivity index (χ0) is 11.5. The van der Waals surface area contributed by atoms with Crippen molar-refractivity contribution in [1.82, 2.24) is 0 Å². The van der Waals surface area contributed by atoms with Crippen molar-refractivity contribution in [1.29, 1.82) is 0 Å². The Morgan fingerprint density at radius 1 is 1.25 bits per heavy atom. The third kappa shape index (κ3) is 13.7. The van der Waals surface area contributed by atoms with Crippen molar-refractivity contribution in [3.8, 4) is 0 Å². The zero-order valence-electron chi connectivity index (χ0n) is 9.95. The number of hydrogen-bond donors (Lipinski definition) is 1. The van der Waals surface area contributed by atoms with Crippen LogP contribution in [0.1, 0.15) is 38.5 Å². The van der Waals surface area contributed by atoms with Crippen LogP contribution in [0.15, 0.2) is 17.6 Å². The molecule has 0 unspecified atom stereocenters. The summed E-state index contributed by atoms with van der Waals surface area (Å²) in [5.74, 6) is -0.998. The van der Waals surface area contributed by atoms with Crippen LogP contribution in [0.2, 0.25) is 0 Å². The smallest absolute Gasteiger partial charge is 0.859 e. The van der Waals surface area contributed by atoms with E-state index in [1.165, 1.54) is 6.08 Å². The van der Waals surface area contributed by atoms with E-state index in [4.69, 9.17) is 5.11 Å². The van der Waals surface area contributed by atoms with Crippen LogP contribution >= 0.6 is 0 Å². The van der Waals surface area contributed by atoms with Gasteiger partial charge in [-0.3, -0.25) is 4.79 Å². The molecule has 0 atom stereocenters. The van der Waals surface area contributed by atoms with E-state index < -0.39 is 5.97 Å². The maximum absolute atomic E-state index is 10.7. The predicted octanol–water partition coefficient (Wildman–Crippen LogP) is -1.64. The largest absolute Gasteiger partial charge is 1.00 e. The molecule has 0 spiro atoms. The molecule has 86 valence electrons. The zero-order valence-corrected chi connectivity index (χ0v) is 11.9. The van der Waals surface area contributed by atoms with E-state index in [0.29, 0.717) is 6.54 Å². The summed E-state index contributed by atoms with van der Waals surface area (Å²) in [5.41, 5.74) is 0. The third-order valence-electron chi connectivity index (χ3n) is 1.99. The van der Waals surface area contributed by atoms with Gasteiger partial charge in [0.2, 0.25) is 0 Å². The van der Waals surface area contributed by atoms with Gasteiger partial charge in [0.25, 0.3) is 0 Å². The first-order chi connectivity index (χ1) is 7.16. The van der Waals surface area contributed by atoms with E-state index in [2.05, 4.69) is 11.6 Å². The van der Waals surface area contributed by atoms with Crippen LogP contribution in [0.4, 0.5) is 0 Å². The van der Waals surface area contributed by atoms with Crippen LogP contribution in [0.5, 0.6) is 0 Å². The average Bonchev–Trinajstić information content (AvgIpc) is 2.21. The van der Waals surface area contributed by atoms with Crippen molar-refractivity contribution in [3.63, 3.8) is 0 Å². The van der Waals surface area contributed by atoms with Crippen molar-refractivity contribution in [3.05, 3.63) is 12.7 Å². The van der Waals surface area contributed by atoms with Gasteiger partial charge in [-0.2, -0.15) is 0 Å². The van der Waals surface area contributed by atoms with Gasteiger partial charge in [0, 0.05) is 13.0 Å². The number of unbranched alkanes of at least 4 members (excludes halogenated alkanes) is 4. The maximum Gasteiger partial charge on any atom is 1.00 e. The quantitative estimate of drug-likeness (QED) is 0.225. The summed E-state index contributed by atoms with van der Waals surface area (Å²) in [6.07, 6.45) is 6.00. The first kappa shape index (κ1) is 18.1. The molecular formula is C11H18NNaO3. The second-order valence-electron chi connectivity index (χ2n) is 3.34. The van der Waals surface area contributed by atoms with Gasteiger partial charge >= 0.3 is 35.5 Å². The summed E-state index contributed by atoms with van der Waals surface area (Å²) in [7, 11) is 0. The minimum Gasteiger partial charge on any atom is -0.859 e. The summed E-state index contributed by atoms with van der Waals surface area (Å²) in [6, 6.07) is 0. The molecule has 0 aliphatic carbocycles. The van der Waals surface area contributed by atoms with Gasteiger partial charge < -0.3 is 15.2 Å². The maximum atomic E-state index is 10.7. The summed E-state index contributed by atoms with van der Waals surface area (Å²) < 4.78 is 0. The van der Waals surface area contributed by atoms with Crippen molar-refractivity contribution in [2.24, 2.45) is 4.99 Å². The van der Waals surface area contributed by atoms with Gasteiger partial charge in [0.15, 0.2) is 0 Å². The van der Waals surface area contributed by atoms with Crippen molar-refractivity contribution < 1.29 is 44.6 Å². The molecule has 0 aliphatic heterocycles. The fraction of sp³-hybridized carbons (Fsp3) is 0.636. The number of hydrogen-bond acceptors (Lipinski definition) is 3. The molecule has 0 amide bonds. The fourth-order valence-corrected chi connectivity index (χ4v) is 1.17. The van der Waals surface area contributed by atoms with Crippen LogP contribution in [0.25, 0.3) is 0 Å². The summed E-state index contributed by atoms with van der Waals surface area (Å²) in [4.78, 5) is 13.9. The van der Waals surface area contributed by atoms with E-state index in [1.807, 2.05) is 0 Å². The van der Waals surface area contributed by atoms with E-state index in [0.717, 1.165) is 32.1 Å². The van der Waals surface area contributed by atoms with E-state index in [9.17, 15) is 9.90 Å². The number of rotatable bonds is 9. The van der Waals surface area contributed by atoms with Gasteiger partial charge in [-0.15, -0.1) is 0 Å². The van der Waals surface area contributed by atoms with E-state index in [1.54, 1.807) is 0 Å². The van der Waals surface area contributed by atoms with E-state index >= 15 is 0 Å². The Morgan fingerprint density at radius 2 is 1.81 bits per heavy atom. The SMILES string of the molecule is C=CC([O-])=NCCCCCCCC(=O)O.[Na+]. The Hall–Kier alpha value is -0.320. The van der Waals surface area contributed by atoms with Crippen LogP contribution in [0, 0.1) is 0 Å². The van der Waals surface area contributed by atoms with Crippen LogP contribution in [-0.2, 0) is 4.79 Å². The summed E-state index contributed by atoms with van der Waals surface area (Å²) in [5, 5.41) is 19.1. The molecule has 16 heavy (non-hydrogen) atoms. The molecule has 0 bridgehead atoms. The van der Waals surface area contributed by atoms with Gasteiger partial charge in [-0.1, -0.05) is 31.9 Å². The normalized spacial score (nSPS) is 10.6. The molecule has 0 rings (SSSR count). The molecular weight excluding hydrogens is 217 g/mol. The average molecular weight is 235 g/mol. The van der Waals surface area contributed by atoms with Crippen LogP contribution in [0.3, 0.4) is 0 Å². The Morgan fingerprint density at radius 3 is 2.38 bits per heavy atom. The molecule has 0 saturated heterocycles. The molecule has 4 nitrogen and oxygen atoms in total. The molecule has 0 aliphatic rings. The second kappa shape index (κ2) is 12.7. The molecule has 0 aromatic carbocycles. The van der Waals surface area contributed by atoms with E-state index in [-0.39, 0.29) is 41.9 Å². The molecule has 5 heteroatoms. The number of carboxylic acids is 1. The number of nitrogens with zero attached hydrogens (tertiary/aromatic N) is 1. The number of carboxylic acid groups (broad SMARTS) is 1.